The monoisotopic (exact) mass is 341 g/mol. The molecule has 7 heteroatoms. The maximum Gasteiger partial charge on any atom is 0.332 e. The number of aromatic nitrogens is 4. The van der Waals surface area contributed by atoms with Crippen molar-refractivity contribution in [1.29, 1.82) is 0 Å². The molecule has 0 bridgehead atoms. The molecule has 1 unspecified atom stereocenters. The van der Waals surface area contributed by atoms with E-state index in [-0.39, 0.29) is 17.3 Å². The first-order valence-electron chi connectivity index (χ1n) is 8.40. The average molecular weight is 341 g/mol. The highest BCUT2D eigenvalue weighted by Gasteiger charge is 2.14. The van der Waals surface area contributed by atoms with Gasteiger partial charge in [-0.05, 0) is 25.5 Å². The van der Waals surface area contributed by atoms with E-state index in [1.54, 1.807) is 25.0 Å². The fraction of sp³-hybridized carbons (Fsp3) is 0.389. The molecule has 0 saturated carbocycles. The standard InChI is InChI=1S/C18H23N5O2/c1-13(14-8-5-4-6-9-14)19-10-7-11-23-17(24)15-16(20-12-21(15)2)22(3)18(23)25/h4-6,8-9,12-13,19H,7,10-11H2,1-3H3. The Morgan fingerprint density at radius 1 is 1.16 bits per heavy atom. The van der Waals surface area contributed by atoms with Crippen molar-refractivity contribution in [3.8, 4) is 0 Å². The van der Waals surface area contributed by atoms with Crippen molar-refractivity contribution < 1.29 is 0 Å². The minimum Gasteiger partial charge on any atom is -0.328 e. The summed E-state index contributed by atoms with van der Waals surface area (Å²) in [6.07, 6.45) is 2.24. The maximum absolute atomic E-state index is 12.6. The number of hydrogen-bond donors (Lipinski definition) is 1. The lowest BCUT2D eigenvalue weighted by Gasteiger charge is -2.14. The smallest absolute Gasteiger partial charge is 0.328 e. The van der Waals surface area contributed by atoms with Crippen LogP contribution >= 0.6 is 0 Å². The summed E-state index contributed by atoms with van der Waals surface area (Å²) < 4.78 is 4.37. The van der Waals surface area contributed by atoms with Crippen LogP contribution in [0.15, 0.2) is 46.2 Å². The minimum atomic E-state index is -0.327. The third-order valence-electron chi connectivity index (χ3n) is 4.51. The summed E-state index contributed by atoms with van der Waals surface area (Å²) in [4.78, 5) is 29.2. The predicted octanol–water partition coefficient (Wildman–Crippen LogP) is 1.17. The number of nitrogens with one attached hydrogen (secondary N) is 1. The maximum atomic E-state index is 12.6. The van der Waals surface area contributed by atoms with Gasteiger partial charge in [0, 0.05) is 26.7 Å². The summed E-state index contributed by atoms with van der Waals surface area (Å²) in [5.74, 6) is 0. The van der Waals surface area contributed by atoms with Crippen LogP contribution in [-0.2, 0) is 20.6 Å². The molecule has 2 heterocycles. The first-order chi connectivity index (χ1) is 12.0. The van der Waals surface area contributed by atoms with Crippen LogP contribution in [0.1, 0.15) is 24.9 Å². The van der Waals surface area contributed by atoms with Crippen molar-refractivity contribution in [2.45, 2.75) is 25.9 Å². The van der Waals surface area contributed by atoms with Crippen LogP contribution in [-0.4, -0.2) is 25.2 Å². The first kappa shape index (κ1) is 17.2. The highest BCUT2D eigenvalue weighted by Crippen LogP contribution is 2.10. The lowest BCUT2D eigenvalue weighted by atomic mass is 10.1. The lowest BCUT2D eigenvalue weighted by Crippen LogP contribution is -2.40. The Hall–Kier alpha value is -2.67. The number of nitrogens with zero attached hydrogens (tertiary/aromatic N) is 4. The molecule has 0 radical (unpaired) electrons. The molecule has 132 valence electrons. The summed E-state index contributed by atoms with van der Waals surface area (Å²) in [7, 11) is 3.40. The van der Waals surface area contributed by atoms with E-state index in [1.807, 2.05) is 18.2 Å². The van der Waals surface area contributed by atoms with E-state index in [0.29, 0.717) is 24.1 Å². The largest absolute Gasteiger partial charge is 0.332 e. The zero-order chi connectivity index (χ0) is 18.0. The van der Waals surface area contributed by atoms with Gasteiger partial charge in [-0.15, -0.1) is 0 Å². The summed E-state index contributed by atoms with van der Waals surface area (Å²) >= 11 is 0. The van der Waals surface area contributed by atoms with Gasteiger partial charge in [0.15, 0.2) is 11.2 Å². The second-order valence-electron chi connectivity index (χ2n) is 6.27. The Labute approximate surface area is 145 Å². The Morgan fingerprint density at radius 2 is 1.88 bits per heavy atom. The molecular weight excluding hydrogens is 318 g/mol. The van der Waals surface area contributed by atoms with Gasteiger partial charge in [-0.1, -0.05) is 30.3 Å². The van der Waals surface area contributed by atoms with Crippen molar-refractivity contribution in [3.63, 3.8) is 0 Å². The van der Waals surface area contributed by atoms with Gasteiger partial charge < -0.3 is 9.88 Å². The number of imidazole rings is 1. The predicted molar refractivity (Wildman–Crippen MR) is 97.7 cm³/mol. The van der Waals surface area contributed by atoms with Crippen LogP contribution in [0.5, 0.6) is 0 Å². The van der Waals surface area contributed by atoms with Crippen LogP contribution in [0.4, 0.5) is 0 Å². The molecule has 0 fully saturated rings. The number of fused-ring (bicyclic) bond motifs is 1. The molecule has 7 nitrogen and oxygen atoms in total. The Bertz CT molecular complexity index is 984. The van der Waals surface area contributed by atoms with E-state index >= 15 is 0 Å². The molecule has 25 heavy (non-hydrogen) atoms. The van der Waals surface area contributed by atoms with Crippen molar-refractivity contribution in [3.05, 3.63) is 63.1 Å². The molecule has 1 atom stereocenters. The molecule has 0 spiro atoms. The second kappa shape index (κ2) is 7.06. The van der Waals surface area contributed by atoms with Crippen LogP contribution in [0.2, 0.25) is 0 Å². The summed E-state index contributed by atoms with van der Waals surface area (Å²) in [6.45, 7) is 3.19. The molecule has 0 aliphatic heterocycles. The van der Waals surface area contributed by atoms with Gasteiger partial charge >= 0.3 is 5.69 Å². The summed E-state index contributed by atoms with van der Waals surface area (Å²) in [5.41, 5.74) is 1.48. The molecule has 0 aliphatic carbocycles. The van der Waals surface area contributed by atoms with E-state index in [4.69, 9.17) is 0 Å². The van der Waals surface area contributed by atoms with Gasteiger partial charge in [0.25, 0.3) is 5.56 Å². The number of aryl methyl sites for hydroxylation is 2. The van der Waals surface area contributed by atoms with Crippen LogP contribution in [0.25, 0.3) is 11.2 Å². The van der Waals surface area contributed by atoms with Gasteiger partial charge in [0.1, 0.15) is 0 Å². The van der Waals surface area contributed by atoms with E-state index in [1.165, 1.54) is 14.7 Å². The van der Waals surface area contributed by atoms with Crippen LogP contribution < -0.4 is 16.6 Å². The SMILES string of the molecule is CC(NCCCn1c(=O)c2c(ncn2C)n(C)c1=O)c1ccccc1. The van der Waals surface area contributed by atoms with E-state index in [0.717, 1.165) is 6.54 Å². The first-order valence-corrected chi connectivity index (χ1v) is 8.40. The molecule has 3 aromatic rings. The van der Waals surface area contributed by atoms with Crippen LogP contribution in [0, 0.1) is 0 Å². The van der Waals surface area contributed by atoms with Gasteiger partial charge in [-0.2, -0.15) is 0 Å². The molecule has 0 aliphatic rings. The molecule has 0 saturated heterocycles. The molecule has 3 rings (SSSR count). The summed E-state index contributed by atoms with van der Waals surface area (Å²) in [6, 6.07) is 10.4. The van der Waals surface area contributed by atoms with Crippen molar-refractivity contribution >= 4 is 11.2 Å². The van der Waals surface area contributed by atoms with Gasteiger partial charge in [-0.25, -0.2) is 9.78 Å². The Balaban J connectivity index is 1.71. The fourth-order valence-corrected chi connectivity index (χ4v) is 3.01. The van der Waals surface area contributed by atoms with E-state index in [9.17, 15) is 9.59 Å². The average Bonchev–Trinajstić information content (AvgIpc) is 3.01. The van der Waals surface area contributed by atoms with Crippen molar-refractivity contribution in [1.82, 2.24) is 24.0 Å². The van der Waals surface area contributed by atoms with E-state index < -0.39 is 0 Å². The third kappa shape index (κ3) is 3.28. The highest BCUT2D eigenvalue weighted by atomic mass is 16.2. The van der Waals surface area contributed by atoms with Gasteiger partial charge in [0.2, 0.25) is 0 Å². The third-order valence-corrected chi connectivity index (χ3v) is 4.51. The van der Waals surface area contributed by atoms with Gasteiger partial charge in [0.05, 0.1) is 6.33 Å². The van der Waals surface area contributed by atoms with Crippen molar-refractivity contribution in [2.75, 3.05) is 6.54 Å². The number of hydrogen-bond acceptors (Lipinski definition) is 4. The zero-order valence-electron chi connectivity index (χ0n) is 14.8. The molecule has 1 N–H and O–H groups in total. The van der Waals surface area contributed by atoms with Crippen molar-refractivity contribution in [2.24, 2.45) is 14.1 Å². The summed E-state index contributed by atoms with van der Waals surface area (Å²) in [5, 5.41) is 3.42. The van der Waals surface area contributed by atoms with Gasteiger partial charge in [-0.3, -0.25) is 13.9 Å². The number of benzene rings is 1. The number of rotatable bonds is 6. The quantitative estimate of drug-likeness (QED) is 0.683. The molecule has 0 amide bonds. The second-order valence-corrected chi connectivity index (χ2v) is 6.27. The van der Waals surface area contributed by atoms with Crippen LogP contribution in [0.3, 0.4) is 0 Å². The molecule has 1 aromatic carbocycles. The Morgan fingerprint density at radius 3 is 2.60 bits per heavy atom. The molecular formula is C18H23N5O2. The topological polar surface area (TPSA) is 73.8 Å². The fourth-order valence-electron chi connectivity index (χ4n) is 3.01. The zero-order valence-corrected chi connectivity index (χ0v) is 14.8. The Kier molecular flexibility index (Phi) is 4.85. The highest BCUT2D eigenvalue weighted by molar-refractivity contribution is 5.69. The normalized spacial score (nSPS) is 12.6. The van der Waals surface area contributed by atoms with E-state index in [2.05, 4.69) is 29.4 Å². The lowest BCUT2D eigenvalue weighted by molar-refractivity contribution is 0.507. The molecule has 2 aromatic heterocycles. The minimum absolute atomic E-state index is 0.223.